The molecule has 2 aromatic rings. The molecular weight excluding hydrogens is 282 g/mol. The van der Waals surface area contributed by atoms with E-state index >= 15 is 0 Å². The van der Waals surface area contributed by atoms with Crippen LogP contribution in [-0.2, 0) is 6.54 Å². The number of hydrogen-bond acceptors (Lipinski definition) is 4. The van der Waals surface area contributed by atoms with Crippen LogP contribution in [-0.4, -0.2) is 19.5 Å². The molecule has 1 heterocycles. The Morgan fingerprint density at radius 1 is 1.05 bits per heavy atom. The van der Waals surface area contributed by atoms with Gasteiger partial charge in [-0.3, -0.25) is 0 Å². The molecule has 1 aliphatic rings. The third-order valence-corrected chi connectivity index (χ3v) is 4.30. The van der Waals surface area contributed by atoms with Crippen molar-refractivity contribution in [1.82, 2.24) is 0 Å². The Morgan fingerprint density at radius 3 is 2.38 bits per heavy atom. The zero-order chi connectivity index (χ0) is 14.7. The number of nitrogens with one attached hydrogen (secondary N) is 1. The average Bonchev–Trinajstić information content (AvgIpc) is 2.53. The molecule has 4 heteroatoms. The van der Waals surface area contributed by atoms with E-state index in [1.54, 1.807) is 11.8 Å². The van der Waals surface area contributed by atoms with E-state index < -0.39 is 0 Å². The third kappa shape index (κ3) is 3.27. The van der Waals surface area contributed by atoms with Crippen LogP contribution in [0, 0.1) is 6.92 Å². The van der Waals surface area contributed by atoms with Crippen molar-refractivity contribution in [3.63, 3.8) is 0 Å². The van der Waals surface area contributed by atoms with Gasteiger partial charge in [0, 0.05) is 17.1 Å². The molecule has 21 heavy (non-hydrogen) atoms. The Labute approximate surface area is 129 Å². The highest BCUT2D eigenvalue weighted by atomic mass is 32.2. The standard InChI is InChI=1S/C17H19NO2S/c1-12-3-5-14(6-4-12)18-11-13-9-15-16(10-17(13)21-2)20-8-7-19-15/h3-6,9-10,18H,7-8,11H2,1-2H3. The Hall–Kier alpha value is -1.81. The Bertz CT molecular complexity index is 625. The van der Waals surface area contributed by atoms with Gasteiger partial charge in [-0.2, -0.15) is 0 Å². The Kier molecular flexibility index (Phi) is 4.25. The van der Waals surface area contributed by atoms with Gasteiger partial charge in [-0.25, -0.2) is 0 Å². The number of hydrogen-bond donors (Lipinski definition) is 1. The number of anilines is 1. The molecule has 0 fully saturated rings. The van der Waals surface area contributed by atoms with Crippen molar-refractivity contribution in [1.29, 1.82) is 0 Å². The van der Waals surface area contributed by atoms with Crippen LogP contribution in [0.25, 0.3) is 0 Å². The molecule has 0 amide bonds. The van der Waals surface area contributed by atoms with Crippen molar-refractivity contribution in [2.24, 2.45) is 0 Å². The minimum atomic E-state index is 0.621. The summed E-state index contributed by atoms with van der Waals surface area (Å²) in [4.78, 5) is 1.22. The molecular formula is C17H19NO2S. The molecule has 0 unspecified atom stereocenters. The molecule has 0 saturated heterocycles. The largest absolute Gasteiger partial charge is 0.486 e. The monoisotopic (exact) mass is 301 g/mol. The van der Waals surface area contributed by atoms with Crippen LogP contribution in [0.3, 0.4) is 0 Å². The molecule has 3 nitrogen and oxygen atoms in total. The normalized spacial score (nSPS) is 13.0. The van der Waals surface area contributed by atoms with E-state index in [1.165, 1.54) is 16.0 Å². The quantitative estimate of drug-likeness (QED) is 0.861. The molecule has 0 saturated carbocycles. The summed E-state index contributed by atoms with van der Waals surface area (Å²) in [6, 6.07) is 12.6. The van der Waals surface area contributed by atoms with Crippen LogP contribution in [0.1, 0.15) is 11.1 Å². The van der Waals surface area contributed by atoms with Crippen molar-refractivity contribution < 1.29 is 9.47 Å². The van der Waals surface area contributed by atoms with Gasteiger partial charge in [0.15, 0.2) is 11.5 Å². The molecule has 0 bridgehead atoms. The van der Waals surface area contributed by atoms with Gasteiger partial charge in [-0.1, -0.05) is 17.7 Å². The van der Waals surface area contributed by atoms with Crippen molar-refractivity contribution >= 4 is 17.4 Å². The smallest absolute Gasteiger partial charge is 0.162 e. The first-order valence-corrected chi connectivity index (χ1v) is 8.26. The lowest BCUT2D eigenvalue weighted by Crippen LogP contribution is -2.16. The summed E-state index contributed by atoms with van der Waals surface area (Å²) in [6.45, 7) is 4.12. The molecule has 2 aromatic carbocycles. The highest BCUT2D eigenvalue weighted by molar-refractivity contribution is 7.98. The first kappa shape index (κ1) is 14.1. The molecule has 0 aliphatic carbocycles. The van der Waals surface area contributed by atoms with E-state index in [1.807, 2.05) is 0 Å². The van der Waals surface area contributed by atoms with Crippen LogP contribution in [0.15, 0.2) is 41.3 Å². The van der Waals surface area contributed by atoms with Crippen LogP contribution in [0.2, 0.25) is 0 Å². The minimum absolute atomic E-state index is 0.621. The first-order chi connectivity index (χ1) is 10.3. The van der Waals surface area contributed by atoms with E-state index in [4.69, 9.17) is 9.47 Å². The van der Waals surface area contributed by atoms with Gasteiger partial charge in [0.05, 0.1) is 0 Å². The highest BCUT2D eigenvalue weighted by Crippen LogP contribution is 2.36. The number of aryl methyl sites for hydroxylation is 1. The summed E-state index contributed by atoms with van der Waals surface area (Å²) < 4.78 is 11.3. The number of ether oxygens (including phenoxy) is 2. The summed E-state index contributed by atoms with van der Waals surface area (Å²) in [5, 5.41) is 3.46. The predicted molar refractivity (Wildman–Crippen MR) is 87.7 cm³/mol. The zero-order valence-electron chi connectivity index (χ0n) is 12.3. The van der Waals surface area contributed by atoms with Crippen molar-refractivity contribution in [2.45, 2.75) is 18.4 Å². The average molecular weight is 301 g/mol. The molecule has 0 atom stereocenters. The summed E-state index contributed by atoms with van der Waals surface area (Å²) in [5.74, 6) is 1.70. The molecule has 1 N–H and O–H groups in total. The van der Waals surface area contributed by atoms with Crippen LogP contribution in [0.4, 0.5) is 5.69 Å². The van der Waals surface area contributed by atoms with Gasteiger partial charge in [0.1, 0.15) is 13.2 Å². The fourth-order valence-corrected chi connectivity index (χ4v) is 2.93. The molecule has 3 rings (SSSR count). The topological polar surface area (TPSA) is 30.5 Å². The zero-order valence-corrected chi connectivity index (χ0v) is 13.1. The molecule has 0 aromatic heterocycles. The fourth-order valence-electron chi connectivity index (χ4n) is 2.31. The summed E-state index contributed by atoms with van der Waals surface area (Å²) in [6.07, 6.45) is 2.08. The SMILES string of the molecule is CSc1cc2c(cc1CNc1ccc(C)cc1)OCCO2. The maximum atomic E-state index is 5.67. The second kappa shape index (κ2) is 6.31. The fraction of sp³-hybridized carbons (Fsp3) is 0.294. The van der Waals surface area contributed by atoms with Gasteiger partial charge < -0.3 is 14.8 Å². The summed E-state index contributed by atoms with van der Waals surface area (Å²) in [5.41, 5.74) is 3.62. The molecule has 1 aliphatic heterocycles. The number of thioether (sulfide) groups is 1. The van der Waals surface area contributed by atoms with Gasteiger partial charge >= 0.3 is 0 Å². The van der Waals surface area contributed by atoms with Gasteiger partial charge in [-0.05, 0) is 43.0 Å². The van der Waals surface area contributed by atoms with E-state index in [-0.39, 0.29) is 0 Å². The molecule has 110 valence electrons. The van der Waals surface area contributed by atoms with Crippen LogP contribution < -0.4 is 14.8 Å². The van der Waals surface area contributed by atoms with Crippen molar-refractivity contribution in [2.75, 3.05) is 24.8 Å². The summed E-state index contributed by atoms with van der Waals surface area (Å²) >= 11 is 1.73. The van der Waals surface area contributed by atoms with Crippen molar-refractivity contribution in [3.05, 3.63) is 47.5 Å². The third-order valence-electron chi connectivity index (χ3n) is 3.48. The Balaban J connectivity index is 1.79. The first-order valence-electron chi connectivity index (χ1n) is 7.03. The van der Waals surface area contributed by atoms with Crippen LogP contribution in [0.5, 0.6) is 11.5 Å². The predicted octanol–water partition coefficient (Wildman–Crippen LogP) is 4.10. The summed E-state index contributed by atoms with van der Waals surface area (Å²) in [7, 11) is 0. The van der Waals surface area contributed by atoms with Gasteiger partial charge in [-0.15, -0.1) is 11.8 Å². The highest BCUT2D eigenvalue weighted by Gasteiger charge is 2.15. The van der Waals surface area contributed by atoms with E-state index in [2.05, 4.69) is 54.9 Å². The lowest BCUT2D eigenvalue weighted by molar-refractivity contribution is 0.171. The van der Waals surface area contributed by atoms with E-state index in [0.29, 0.717) is 13.2 Å². The number of rotatable bonds is 4. The number of benzene rings is 2. The second-order valence-corrected chi connectivity index (χ2v) is 5.88. The van der Waals surface area contributed by atoms with Crippen LogP contribution >= 0.6 is 11.8 Å². The Morgan fingerprint density at radius 2 is 1.71 bits per heavy atom. The van der Waals surface area contributed by atoms with Gasteiger partial charge in [0.2, 0.25) is 0 Å². The maximum absolute atomic E-state index is 5.67. The lowest BCUT2D eigenvalue weighted by atomic mass is 10.1. The number of fused-ring (bicyclic) bond motifs is 1. The maximum Gasteiger partial charge on any atom is 0.162 e. The molecule has 0 spiro atoms. The van der Waals surface area contributed by atoms with Crippen molar-refractivity contribution in [3.8, 4) is 11.5 Å². The van der Waals surface area contributed by atoms with E-state index in [0.717, 1.165) is 23.7 Å². The second-order valence-electron chi connectivity index (χ2n) is 5.03. The molecule has 0 radical (unpaired) electrons. The minimum Gasteiger partial charge on any atom is -0.486 e. The van der Waals surface area contributed by atoms with Gasteiger partial charge in [0.25, 0.3) is 0 Å². The lowest BCUT2D eigenvalue weighted by Gasteiger charge is -2.21. The van der Waals surface area contributed by atoms with E-state index in [9.17, 15) is 0 Å².